The van der Waals surface area contributed by atoms with E-state index >= 15 is 0 Å². The molecule has 0 spiro atoms. The number of hydrazone groups is 1. The summed E-state index contributed by atoms with van der Waals surface area (Å²) in [6.07, 6.45) is 1.56. The summed E-state index contributed by atoms with van der Waals surface area (Å²) >= 11 is 1.02. The fourth-order valence-electron chi connectivity index (χ4n) is 2.39. The number of nitrogens with one attached hydrogen (secondary N) is 2. The molecule has 0 radical (unpaired) electrons. The topological polar surface area (TPSA) is 163 Å². The molecule has 13 heteroatoms. The number of carbonyl (C=O) groups is 1. The van der Waals surface area contributed by atoms with Gasteiger partial charge in [-0.15, -0.1) is 10.2 Å². The Morgan fingerprint density at radius 1 is 1.32 bits per heavy atom. The lowest BCUT2D eigenvalue weighted by atomic mass is 10.2. The summed E-state index contributed by atoms with van der Waals surface area (Å²) in [5.41, 5.74) is 3.39. The number of hydrogen-bond acceptors (Lipinski definition) is 10. The number of methoxy groups -OCH3 is 1. The molecule has 0 atom stereocenters. The molecule has 160 valence electrons. The lowest BCUT2D eigenvalue weighted by Gasteiger charge is -2.06. The van der Waals surface area contributed by atoms with E-state index in [0.29, 0.717) is 5.75 Å². The van der Waals surface area contributed by atoms with Gasteiger partial charge in [0.1, 0.15) is 11.4 Å². The van der Waals surface area contributed by atoms with E-state index in [0.717, 1.165) is 22.0 Å². The molecule has 31 heavy (non-hydrogen) atoms. The second-order valence-corrected chi connectivity index (χ2v) is 6.88. The largest absolute Gasteiger partial charge is 0.497 e. The van der Waals surface area contributed by atoms with Crippen LogP contribution in [0, 0.1) is 10.1 Å². The molecule has 4 N–H and O–H groups in total. The van der Waals surface area contributed by atoms with Crippen LogP contribution in [0.1, 0.15) is 5.56 Å². The van der Waals surface area contributed by atoms with Gasteiger partial charge in [0.25, 0.3) is 11.6 Å². The highest BCUT2D eigenvalue weighted by atomic mass is 32.2. The number of thioether (sulfide) groups is 1. The second kappa shape index (κ2) is 10.1. The van der Waals surface area contributed by atoms with E-state index in [1.165, 1.54) is 18.2 Å². The Hall–Kier alpha value is -4.13. The van der Waals surface area contributed by atoms with Crippen molar-refractivity contribution in [2.75, 3.05) is 29.4 Å². The Morgan fingerprint density at radius 3 is 2.90 bits per heavy atom. The fraction of sp³-hybridized carbons (Fsp3) is 0.111. The zero-order chi connectivity index (χ0) is 22.2. The SMILES string of the molecule is COc1cccc(/C=N/Nc2nnc(SCC(=O)Nc3ccccc3[N+](=O)[O-])n2N)c1. The van der Waals surface area contributed by atoms with Gasteiger partial charge in [-0.1, -0.05) is 36.0 Å². The quantitative estimate of drug-likeness (QED) is 0.148. The smallest absolute Gasteiger partial charge is 0.292 e. The van der Waals surface area contributed by atoms with Crippen molar-refractivity contribution in [2.45, 2.75) is 5.16 Å². The van der Waals surface area contributed by atoms with Gasteiger partial charge in [-0.3, -0.25) is 14.9 Å². The predicted octanol–water partition coefficient (Wildman–Crippen LogP) is 2.09. The lowest BCUT2D eigenvalue weighted by molar-refractivity contribution is -0.383. The number of nitrogen functional groups attached to an aromatic ring is 1. The minimum absolute atomic E-state index is 0.0749. The summed E-state index contributed by atoms with van der Waals surface area (Å²) in [4.78, 5) is 22.6. The molecule has 1 amide bonds. The van der Waals surface area contributed by atoms with Crippen molar-refractivity contribution >= 4 is 41.2 Å². The molecule has 1 aromatic heterocycles. The molecule has 0 unspecified atom stereocenters. The van der Waals surface area contributed by atoms with E-state index in [9.17, 15) is 14.9 Å². The zero-order valence-corrected chi connectivity index (χ0v) is 17.1. The molecule has 0 saturated heterocycles. The normalized spacial score (nSPS) is 10.7. The van der Waals surface area contributed by atoms with Crippen LogP contribution >= 0.6 is 11.8 Å². The molecule has 0 saturated carbocycles. The van der Waals surface area contributed by atoms with Gasteiger partial charge < -0.3 is 15.9 Å². The van der Waals surface area contributed by atoms with E-state index in [-0.39, 0.29) is 28.2 Å². The molecule has 0 aliphatic heterocycles. The predicted molar refractivity (Wildman–Crippen MR) is 117 cm³/mol. The van der Waals surface area contributed by atoms with E-state index in [1.54, 1.807) is 25.5 Å². The number of hydrogen-bond donors (Lipinski definition) is 3. The van der Waals surface area contributed by atoms with E-state index in [1.807, 2.05) is 18.2 Å². The van der Waals surface area contributed by atoms with Crippen molar-refractivity contribution in [1.82, 2.24) is 14.9 Å². The third-order valence-corrected chi connectivity index (χ3v) is 4.79. The number of ether oxygens (including phenoxy) is 1. The van der Waals surface area contributed by atoms with Gasteiger partial charge in [0.15, 0.2) is 0 Å². The van der Waals surface area contributed by atoms with Gasteiger partial charge in [0, 0.05) is 6.07 Å². The van der Waals surface area contributed by atoms with Crippen molar-refractivity contribution in [3.8, 4) is 5.75 Å². The molecule has 3 rings (SSSR count). The van der Waals surface area contributed by atoms with Crippen LogP contribution in [0.4, 0.5) is 17.3 Å². The number of nitrogens with two attached hydrogens (primary N) is 1. The molecule has 2 aromatic carbocycles. The number of nitrogens with zero attached hydrogens (tertiary/aromatic N) is 5. The first-order chi connectivity index (χ1) is 15.0. The molecule has 1 heterocycles. The Bertz CT molecular complexity index is 1120. The van der Waals surface area contributed by atoms with Crippen LogP contribution in [-0.2, 0) is 4.79 Å². The average molecular weight is 442 g/mol. The van der Waals surface area contributed by atoms with Gasteiger partial charge in [0.2, 0.25) is 11.1 Å². The Morgan fingerprint density at radius 2 is 2.13 bits per heavy atom. The standard InChI is InChI=1S/C18H18N8O4S/c1-30-13-6-4-5-12(9-13)10-20-22-17-23-24-18(25(17)19)31-11-16(27)21-14-7-2-3-8-15(14)26(28)29/h2-10H,11,19H2,1H3,(H,21,27)(H,22,23)/b20-10+. The summed E-state index contributed by atoms with van der Waals surface area (Å²) in [6.45, 7) is 0. The maximum atomic E-state index is 12.2. The lowest BCUT2D eigenvalue weighted by Crippen LogP contribution is -2.17. The number of rotatable bonds is 9. The monoisotopic (exact) mass is 442 g/mol. The summed E-state index contributed by atoms with van der Waals surface area (Å²) in [5.74, 6) is 6.26. The highest BCUT2D eigenvalue weighted by molar-refractivity contribution is 7.99. The van der Waals surface area contributed by atoms with Crippen LogP contribution in [0.2, 0.25) is 0 Å². The van der Waals surface area contributed by atoms with Gasteiger partial charge in [-0.25, -0.2) is 10.1 Å². The Balaban J connectivity index is 1.56. The first-order valence-electron chi connectivity index (χ1n) is 8.77. The van der Waals surface area contributed by atoms with Gasteiger partial charge in [-0.05, 0) is 23.8 Å². The molecule has 0 aliphatic carbocycles. The third kappa shape index (κ3) is 5.70. The molecule has 0 aliphatic rings. The first-order valence-corrected chi connectivity index (χ1v) is 9.76. The van der Waals surface area contributed by atoms with Crippen LogP contribution < -0.4 is 21.3 Å². The third-order valence-electron chi connectivity index (χ3n) is 3.84. The van der Waals surface area contributed by atoms with Crippen LogP contribution in [0.3, 0.4) is 0 Å². The Labute approximate surface area is 180 Å². The van der Waals surface area contributed by atoms with Crippen LogP contribution in [0.5, 0.6) is 5.75 Å². The minimum Gasteiger partial charge on any atom is -0.497 e. The highest BCUT2D eigenvalue weighted by Gasteiger charge is 2.16. The summed E-state index contributed by atoms with van der Waals surface area (Å²) in [7, 11) is 1.58. The van der Waals surface area contributed by atoms with E-state index in [2.05, 4.69) is 26.0 Å². The van der Waals surface area contributed by atoms with Gasteiger partial charge >= 0.3 is 0 Å². The van der Waals surface area contributed by atoms with E-state index < -0.39 is 10.8 Å². The molecule has 12 nitrogen and oxygen atoms in total. The number of para-hydroxylation sites is 2. The summed E-state index contributed by atoms with van der Waals surface area (Å²) in [5, 5.41) is 25.6. The van der Waals surface area contributed by atoms with Crippen LogP contribution in [-0.4, -0.2) is 44.8 Å². The van der Waals surface area contributed by atoms with Crippen molar-refractivity contribution in [3.63, 3.8) is 0 Å². The number of nitro benzene ring substituents is 1. The number of amides is 1. The molecular formula is C18H18N8O4S. The minimum atomic E-state index is -0.566. The summed E-state index contributed by atoms with van der Waals surface area (Å²) in [6, 6.07) is 13.2. The molecular weight excluding hydrogens is 424 g/mol. The molecule has 3 aromatic rings. The number of carbonyl (C=O) groups excluding carboxylic acids is 1. The fourth-order valence-corrected chi connectivity index (χ4v) is 3.05. The molecule has 0 bridgehead atoms. The number of nitro groups is 1. The average Bonchev–Trinajstić information content (AvgIpc) is 3.12. The van der Waals surface area contributed by atoms with Crippen molar-refractivity contribution in [2.24, 2.45) is 5.10 Å². The Kier molecular flexibility index (Phi) is 7.01. The zero-order valence-electron chi connectivity index (χ0n) is 16.3. The number of anilines is 2. The number of aromatic nitrogens is 3. The van der Waals surface area contributed by atoms with Crippen molar-refractivity contribution < 1.29 is 14.5 Å². The molecule has 0 fully saturated rings. The van der Waals surface area contributed by atoms with Crippen molar-refractivity contribution in [3.05, 3.63) is 64.2 Å². The van der Waals surface area contributed by atoms with Crippen LogP contribution in [0.25, 0.3) is 0 Å². The summed E-state index contributed by atoms with van der Waals surface area (Å²) < 4.78 is 6.29. The first kappa shape index (κ1) is 21.6. The van der Waals surface area contributed by atoms with Gasteiger partial charge in [-0.2, -0.15) is 5.10 Å². The maximum absolute atomic E-state index is 12.2. The second-order valence-electron chi connectivity index (χ2n) is 5.93. The maximum Gasteiger partial charge on any atom is 0.292 e. The number of benzene rings is 2. The van der Waals surface area contributed by atoms with Crippen LogP contribution in [0.15, 0.2) is 58.8 Å². The highest BCUT2D eigenvalue weighted by Crippen LogP contribution is 2.24. The van der Waals surface area contributed by atoms with Crippen molar-refractivity contribution in [1.29, 1.82) is 0 Å². The van der Waals surface area contributed by atoms with Gasteiger partial charge in [0.05, 0.1) is 24.0 Å². The van der Waals surface area contributed by atoms with E-state index in [4.69, 9.17) is 10.6 Å².